The van der Waals surface area contributed by atoms with E-state index in [0.717, 1.165) is 0 Å². The minimum atomic E-state index is -0.644. The molecule has 0 aromatic carbocycles. The van der Waals surface area contributed by atoms with Crippen molar-refractivity contribution in [3.05, 3.63) is 21.9 Å². The molecule has 1 saturated heterocycles. The number of hydrogen-bond donors (Lipinski definition) is 3. The van der Waals surface area contributed by atoms with Crippen LogP contribution in [0.15, 0.2) is 11.4 Å². The Morgan fingerprint density at radius 3 is 2.56 bits per heavy atom. The van der Waals surface area contributed by atoms with Gasteiger partial charge in [-0.2, -0.15) is 0 Å². The van der Waals surface area contributed by atoms with Crippen LogP contribution in [0, 0.1) is 6.92 Å². The lowest BCUT2D eigenvalue weighted by molar-refractivity contribution is 0.0572. The van der Waals surface area contributed by atoms with E-state index in [-0.39, 0.29) is 6.04 Å². The summed E-state index contributed by atoms with van der Waals surface area (Å²) in [7, 11) is 0. The third kappa shape index (κ3) is 2.14. The number of aliphatic hydroxyl groups excluding tert-OH is 2. The SMILES string of the molecule is Cc1ccsc1C(CN)N1CC(O)C(O)C1. The average molecular weight is 242 g/mol. The molecule has 3 unspecified atom stereocenters. The molecule has 2 heterocycles. The minimum Gasteiger partial charge on any atom is -0.389 e. The summed E-state index contributed by atoms with van der Waals surface area (Å²) in [6, 6.07) is 2.19. The molecule has 0 amide bonds. The predicted molar refractivity (Wildman–Crippen MR) is 64.4 cm³/mol. The summed E-state index contributed by atoms with van der Waals surface area (Å²) in [5.41, 5.74) is 7.04. The maximum absolute atomic E-state index is 9.55. The Balaban J connectivity index is 2.15. The minimum absolute atomic E-state index is 0.117. The molecule has 1 fully saturated rings. The summed E-state index contributed by atoms with van der Waals surface area (Å²) >= 11 is 1.69. The third-order valence-electron chi connectivity index (χ3n) is 3.16. The lowest BCUT2D eigenvalue weighted by Gasteiger charge is -2.26. The van der Waals surface area contributed by atoms with Crippen LogP contribution >= 0.6 is 11.3 Å². The van der Waals surface area contributed by atoms with Crippen LogP contribution in [-0.2, 0) is 0 Å². The van der Waals surface area contributed by atoms with Gasteiger partial charge >= 0.3 is 0 Å². The Labute approximate surface area is 99.3 Å². The van der Waals surface area contributed by atoms with Crippen LogP contribution in [0.5, 0.6) is 0 Å². The average Bonchev–Trinajstić information content (AvgIpc) is 2.78. The van der Waals surface area contributed by atoms with Gasteiger partial charge in [-0.15, -0.1) is 11.3 Å². The second-order valence-electron chi connectivity index (χ2n) is 4.31. The summed E-state index contributed by atoms with van der Waals surface area (Å²) in [5.74, 6) is 0. The molecule has 0 spiro atoms. The Morgan fingerprint density at radius 2 is 2.12 bits per heavy atom. The molecule has 0 aliphatic carbocycles. The van der Waals surface area contributed by atoms with Crippen molar-refractivity contribution in [1.29, 1.82) is 0 Å². The van der Waals surface area contributed by atoms with E-state index < -0.39 is 12.2 Å². The number of nitrogens with zero attached hydrogens (tertiary/aromatic N) is 1. The normalized spacial score (nSPS) is 28.5. The zero-order valence-corrected chi connectivity index (χ0v) is 10.2. The molecular weight excluding hydrogens is 224 g/mol. The Kier molecular flexibility index (Phi) is 3.61. The number of thiophene rings is 1. The number of rotatable bonds is 3. The standard InChI is InChI=1S/C11H18N2O2S/c1-7-2-3-16-11(7)8(4-12)13-5-9(14)10(15)6-13/h2-3,8-10,14-15H,4-6,12H2,1H3. The lowest BCUT2D eigenvalue weighted by Crippen LogP contribution is -2.32. The number of hydrogen-bond acceptors (Lipinski definition) is 5. The molecule has 90 valence electrons. The molecule has 1 aliphatic rings. The van der Waals surface area contributed by atoms with Gasteiger partial charge in [0.1, 0.15) is 0 Å². The number of likely N-dealkylation sites (tertiary alicyclic amines) is 1. The highest BCUT2D eigenvalue weighted by Crippen LogP contribution is 2.30. The maximum atomic E-state index is 9.55. The van der Waals surface area contributed by atoms with Crippen molar-refractivity contribution in [2.75, 3.05) is 19.6 Å². The zero-order chi connectivity index (χ0) is 11.7. The second-order valence-corrected chi connectivity index (χ2v) is 5.26. The smallest absolute Gasteiger partial charge is 0.0938 e. The predicted octanol–water partition coefficient (Wildman–Crippen LogP) is 0.0937. The first-order chi connectivity index (χ1) is 7.63. The van der Waals surface area contributed by atoms with E-state index in [1.807, 2.05) is 0 Å². The first kappa shape index (κ1) is 12.0. The van der Waals surface area contributed by atoms with Crippen LogP contribution < -0.4 is 5.73 Å². The van der Waals surface area contributed by atoms with Crippen molar-refractivity contribution in [2.24, 2.45) is 5.73 Å². The van der Waals surface area contributed by atoms with Gasteiger partial charge in [-0.05, 0) is 23.9 Å². The summed E-state index contributed by atoms with van der Waals surface area (Å²) < 4.78 is 0. The molecule has 16 heavy (non-hydrogen) atoms. The molecule has 0 saturated carbocycles. The molecule has 1 aromatic heterocycles. The quantitative estimate of drug-likeness (QED) is 0.703. The fourth-order valence-electron chi connectivity index (χ4n) is 2.20. The van der Waals surface area contributed by atoms with Gasteiger partial charge in [-0.1, -0.05) is 0 Å². The van der Waals surface area contributed by atoms with Gasteiger partial charge in [0.05, 0.1) is 18.2 Å². The molecule has 1 aliphatic heterocycles. The van der Waals surface area contributed by atoms with E-state index >= 15 is 0 Å². The Morgan fingerprint density at radius 1 is 1.50 bits per heavy atom. The monoisotopic (exact) mass is 242 g/mol. The van der Waals surface area contributed by atoms with E-state index in [1.54, 1.807) is 11.3 Å². The van der Waals surface area contributed by atoms with Gasteiger partial charge in [0, 0.05) is 24.5 Å². The maximum Gasteiger partial charge on any atom is 0.0938 e. The van der Waals surface area contributed by atoms with Crippen molar-refractivity contribution in [3.63, 3.8) is 0 Å². The molecule has 4 nitrogen and oxygen atoms in total. The third-order valence-corrected chi connectivity index (χ3v) is 4.28. The highest BCUT2D eigenvalue weighted by Gasteiger charge is 2.34. The lowest BCUT2D eigenvalue weighted by atomic mass is 10.1. The number of aryl methyl sites for hydroxylation is 1. The van der Waals surface area contributed by atoms with Gasteiger partial charge in [0.15, 0.2) is 0 Å². The number of aliphatic hydroxyl groups is 2. The topological polar surface area (TPSA) is 69.7 Å². The first-order valence-electron chi connectivity index (χ1n) is 5.47. The first-order valence-corrected chi connectivity index (χ1v) is 6.35. The van der Waals surface area contributed by atoms with Crippen LogP contribution in [0.1, 0.15) is 16.5 Å². The van der Waals surface area contributed by atoms with E-state index in [0.29, 0.717) is 19.6 Å². The van der Waals surface area contributed by atoms with Crippen LogP contribution in [0.3, 0.4) is 0 Å². The van der Waals surface area contributed by atoms with Gasteiger partial charge in [0.2, 0.25) is 0 Å². The van der Waals surface area contributed by atoms with Crippen LogP contribution in [-0.4, -0.2) is 47.0 Å². The number of β-amino-alcohol motifs (C(OH)–C–C–N with tert-alkyl or cyclic N) is 2. The highest BCUT2D eigenvalue weighted by atomic mass is 32.1. The Hall–Kier alpha value is -0.460. The van der Waals surface area contributed by atoms with Crippen molar-refractivity contribution >= 4 is 11.3 Å². The van der Waals surface area contributed by atoms with Gasteiger partial charge in [-0.25, -0.2) is 0 Å². The fraction of sp³-hybridized carbons (Fsp3) is 0.636. The van der Waals surface area contributed by atoms with E-state index in [4.69, 9.17) is 5.73 Å². The van der Waals surface area contributed by atoms with E-state index in [1.165, 1.54) is 10.4 Å². The zero-order valence-electron chi connectivity index (χ0n) is 9.34. The molecule has 4 N–H and O–H groups in total. The Bertz CT molecular complexity index is 346. The fourth-order valence-corrected chi connectivity index (χ4v) is 3.28. The van der Waals surface area contributed by atoms with Crippen molar-refractivity contribution in [1.82, 2.24) is 4.90 Å². The molecular formula is C11H18N2O2S. The summed E-state index contributed by atoms with van der Waals surface area (Å²) in [6.45, 7) is 3.58. The molecule has 0 radical (unpaired) electrons. The molecule has 1 aromatic rings. The number of nitrogens with two attached hydrogens (primary N) is 1. The summed E-state index contributed by atoms with van der Waals surface area (Å²) in [4.78, 5) is 3.30. The van der Waals surface area contributed by atoms with Gasteiger partial charge < -0.3 is 15.9 Å². The van der Waals surface area contributed by atoms with Crippen LogP contribution in [0.2, 0.25) is 0 Å². The van der Waals surface area contributed by atoms with Crippen molar-refractivity contribution in [2.45, 2.75) is 25.2 Å². The van der Waals surface area contributed by atoms with Gasteiger partial charge in [0.25, 0.3) is 0 Å². The van der Waals surface area contributed by atoms with Crippen LogP contribution in [0.25, 0.3) is 0 Å². The highest BCUT2D eigenvalue weighted by molar-refractivity contribution is 7.10. The molecule has 5 heteroatoms. The van der Waals surface area contributed by atoms with E-state index in [9.17, 15) is 10.2 Å². The largest absolute Gasteiger partial charge is 0.389 e. The molecule has 0 bridgehead atoms. The van der Waals surface area contributed by atoms with Crippen molar-refractivity contribution < 1.29 is 10.2 Å². The van der Waals surface area contributed by atoms with E-state index in [2.05, 4.69) is 23.3 Å². The van der Waals surface area contributed by atoms with Gasteiger partial charge in [-0.3, -0.25) is 4.90 Å². The van der Waals surface area contributed by atoms with Crippen molar-refractivity contribution in [3.8, 4) is 0 Å². The van der Waals surface area contributed by atoms with Crippen LogP contribution in [0.4, 0.5) is 0 Å². The second kappa shape index (κ2) is 4.81. The summed E-state index contributed by atoms with van der Waals surface area (Å²) in [5, 5.41) is 21.2. The molecule has 2 rings (SSSR count). The molecule has 3 atom stereocenters. The summed E-state index contributed by atoms with van der Waals surface area (Å²) in [6.07, 6.45) is -1.29.